The molecule has 1 aromatic heterocycles. The monoisotopic (exact) mass is 310 g/mol. The molecule has 1 heterocycles. The van der Waals surface area contributed by atoms with Crippen LogP contribution in [0.5, 0.6) is 5.75 Å². The molecule has 3 N–H and O–H groups in total. The third-order valence-corrected chi connectivity index (χ3v) is 4.54. The second-order valence-electron chi connectivity index (χ2n) is 4.71. The Morgan fingerprint density at radius 2 is 2.14 bits per heavy atom. The van der Waals surface area contributed by atoms with Crippen LogP contribution in [0.15, 0.2) is 45.9 Å². The molecule has 0 amide bonds. The van der Waals surface area contributed by atoms with Gasteiger partial charge in [-0.05, 0) is 37.3 Å². The zero-order valence-electron chi connectivity index (χ0n) is 11.9. The number of nitrogens with one attached hydrogen (secondary N) is 1. The van der Waals surface area contributed by atoms with E-state index >= 15 is 0 Å². The van der Waals surface area contributed by atoms with E-state index < -0.39 is 10.0 Å². The molecule has 7 heteroatoms. The smallest absolute Gasteiger partial charge is 0.240 e. The van der Waals surface area contributed by atoms with Gasteiger partial charge in [0.1, 0.15) is 11.5 Å². The second-order valence-corrected chi connectivity index (χ2v) is 6.42. The molecule has 0 spiro atoms. The summed E-state index contributed by atoms with van der Waals surface area (Å²) >= 11 is 0. The number of anilines is 1. The van der Waals surface area contributed by atoms with E-state index in [-0.39, 0.29) is 16.6 Å². The molecule has 1 aromatic carbocycles. The Morgan fingerprint density at radius 1 is 1.38 bits per heavy atom. The molecule has 0 aliphatic heterocycles. The molecule has 0 saturated heterocycles. The van der Waals surface area contributed by atoms with Gasteiger partial charge < -0.3 is 14.9 Å². The van der Waals surface area contributed by atoms with Crippen molar-refractivity contribution in [2.75, 3.05) is 12.8 Å². The Morgan fingerprint density at radius 3 is 2.71 bits per heavy atom. The SMILES string of the molecule is COc1ccc(S(=O)(=O)NC(C)Cc2ccco2)cc1N. The second kappa shape index (κ2) is 6.19. The lowest BCUT2D eigenvalue weighted by atomic mass is 10.2. The number of sulfonamides is 1. The normalized spacial score (nSPS) is 13.0. The molecule has 1 atom stereocenters. The summed E-state index contributed by atoms with van der Waals surface area (Å²) in [5, 5.41) is 0. The summed E-state index contributed by atoms with van der Waals surface area (Å²) in [5.41, 5.74) is 6.01. The molecule has 0 bridgehead atoms. The average Bonchev–Trinajstić information content (AvgIpc) is 2.90. The number of methoxy groups -OCH3 is 1. The molecule has 1 unspecified atom stereocenters. The third-order valence-electron chi connectivity index (χ3n) is 2.96. The van der Waals surface area contributed by atoms with Crippen LogP contribution >= 0.6 is 0 Å². The van der Waals surface area contributed by atoms with Crippen LogP contribution in [0.25, 0.3) is 0 Å². The molecule has 21 heavy (non-hydrogen) atoms. The Kier molecular flexibility index (Phi) is 4.54. The number of nitrogens with two attached hydrogens (primary N) is 1. The lowest BCUT2D eigenvalue weighted by Crippen LogP contribution is -2.34. The van der Waals surface area contributed by atoms with Crippen LogP contribution in [0.1, 0.15) is 12.7 Å². The van der Waals surface area contributed by atoms with Crippen molar-refractivity contribution in [1.29, 1.82) is 0 Å². The first kappa shape index (κ1) is 15.4. The van der Waals surface area contributed by atoms with Crippen molar-refractivity contribution in [2.24, 2.45) is 0 Å². The molecule has 0 radical (unpaired) electrons. The lowest BCUT2D eigenvalue weighted by Gasteiger charge is -2.14. The van der Waals surface area contributed by atoms with E-state index in [1.165, 1.54) is 25.3 Å². The highest BCUT2D eigenvalue weighted by molar-refractivity contribution is 7.89. The van der Waals surface area contributed by atoms with Gasteiger partial charge in [-0.25, -0.2) is 13.1 Å². The van der Waals surface area contributed by atoms with Gasteiger partial charge in [0.2, 0.25) is 10.0 Å². The van der Waals surface area contributed by atoms with E-state index in [0.29, 0.717) is 12.2 Å². The summed E-state index contributed by atoms with van der Waals surface area (Å²) in [6, 6.07) is 7.63. The summed E-state index contributed by atoms with van der Waals surface area (Å²) in [4.78, 5) is 0.104. The molecule has 2 aromatic rings. The number of rotatable bonds is 6. The number of furan rings is 1. The standard InChI is InChI=1S/C14H18N2O4S/c1-10(8-11-4-3-7-20-11)16-21(17,18)12-5-6-14(19-2)13(15)9-12/h3-7,9-10,16H,8,15H2,1-2H3. The van der Waals surface area contributed by atoms with E-state index in [2.05, 4.69) is 4.72 Å². The Hall–Kier alpha value is -1.99. The first-order chi connectivity index (χ1) is 9.92. The average molecular weight is 310 g/mol. The zero-order chi connectivity index (χ0) is 15.5. The largest absolute Gasteiger partial charge is 0.495 e. The predicted octanol–water partition coefficient (Wildman–Crippen LogP) is 1.78. The number of nitrogen functional groups attached to an aromatic ring is 1. The predicted molar refractivity (Wildman–Crippen MR) is 79.6 cm³/mol. The van der Waals surface area contributed by atoms with Gasteiger partial charge in [-0.15, -0.1) is 0 Å². The van der Waals surface area contributed by atoms with Crippen molar-refractivity contribution < 1.29 is 17.6 Å². The van der Waals surface area contributed by atoms with Gasteiger partial charge in [0.25, 0.3) is 0 Å². The van der Waals surface area contributed by atoms with Crippen LogP contribution in [0.2, 0.25) is 0 Å². The summed E-state index contributed by atoms with van der Waals surface area (Å²) in [7, 11) is -2.16. The van der Waals surface area contributed by atoms with Crippen molar-refractivity contribution in [2.45, 2.75) is 24.3 Å². The maximum Gasteiger partial charge on any atom is 0.240 e. The maximum absolute atomic E-state index is 12.3. The molecule has 114 valence electrons. The Balaban J connectivity index is 2.12. The van der Waals surface area contributed by atoms with E-state index in [9.17, 15) is 8.42 Å². The first-order valence-electron chi connectivity index (χ1n) is 6.40. The lowest BCUT2D eigenvalue weighted by molar-refractivity contribution is 0.416. The Labute approximate surface area is 124 Å². The van der Waals surface area contributed by atoms with Gasteiger partial charge in [-0.2, -0.15) is 0 Å². The van der Waals surface area contributed by atoms with E-state index in [1.807, 2.05) is 0 Å². The molecule has 0 aliphatic carbocycles. The van der Waals surface area contributed by atoms with Gasteiger partial charge in [0, 0.05) is 12.5 Å². The Bertz CT molecular complexity index is 696. The van der Waals surface area contributed by atoms with Crippen LogP contribution in [0, 0.1) is 0 Å². The minimum absolute atomic E-state index is 0.104. The van der Waals surface area contributed by atoms with Crippen molar-refractivity contribution in [3.63, 3.8) is 0 Å². The molecule has 6 nitrogen and oxygen atoms in total. The summed E-state index contributed by atoms with van der Waals surface area (Å²) in [6.07, 6.45) is 2.03. The van der Waals surface area contributed by atoms with Crippen LogP contribution in [0.3, 0.4) is 0 Å². The van der Waals surface area contributed by atoms with E-state index in [4.69, 9.17) is 14.9 Å². The van der Waals surface area contributed by atoms with Crippen LogP contribution in [-0.2, 0) is 16.4 Å². The topological polar surface area (TPSA) is 94.6 Å². The maximum atomic E-state index is 12.3. The molecule has 2 rings (SSSR count). The highest BCUT2D eigenvalue weighted by atomic mass is 32.2. The fourth-order valence-electron chi connectivity index (χ4n) is 1.98. The van der Waals surface area contributed by atoms with Crippen LogP contribution in [-0.4, -0.2) is 21.6 Å². The summed E-state index contributed by atoms with van der Waals surface area (Å²) in [5.74, 6) is 1.16. The van der Waals surface area contributed by atoms with Gasteiger partial charge in [0.05, 0.1) is 24.0 Å². The number of hydrogen-bond donors (Lipinski definition) is 2. The molecule has 0 fully saturated rings. The van der Waals surface area contributed by atoms with Gasteiger partial charge in [-0.3, -0.25) is 0 Å². The minimum atomic E-state index is -3.64. The van der Waals surface area contributed by atoms with Crippen molar-refractivity contribution >= 4 is 15.7 Å². The number of ether oxygens (including phenoxy) is 1. The summed E-state index contributed by atoms with van der Waals surface area (Å²) in [6.45, 7) is 1.77. The molecular weight excluding hydrogens is 292 g/mol. The van der Waals surface area contributed by atoms with Crippen LogP contribution < -0.4 is 15.2 Å². The van der Waals surface area contributed by atoms with Gasteiger partial charge >= 0.3 is 0 Å². The molecular formula is C14H18N2O4S. The highest BCUT2D eigenvalue weighted by Gasteiger charge is 2.19. The quantitative estimate of drug-likeness (QED) is 0.793. The third kappa shape index (κ3) is 3.77. The molecule has 0 saturated carbocycles. The van der Waals surface area contributed by atoms with Crippen LogP contribution in [0.4, 0.5) is 5.69 Å². The zero-order valence-corrected chi connectivity index (χ0v) is 12.7. The van der Waals surface area contributed by atoms with E-state index in [0.717, 1.165) is 5.76 Å². The van der Waals surface area contributed by atoms with Crippen molar-refractivity contribution in [1.82, 2.24) is 4.72 Å². The van der Waals surface area contributed by atoms with Gasteiger partial charge in [0.15, 0.2) is 0 Å². The summed E-state index contributed by atoms with van der Waals surface area (Å²) < 4.78 is 37.4. The minimum Gasteiger partial charge on any atom is -0.495 e. The number of hydrogen-bond acceptors (Lipinski definition) is 5. The van der Waals surface area contributed by atoms with Crippen molar-refractivity contribution in [3.05, 3.63) is 42.4 Å². The molecule has 0 aliphatic rings. The van der Waals surface area contributed by atoms with Gasteiger partial charge in [-0.1, -0.05) is 0 Å². The highest BCUT2D eigenvalue weighted by Crippen LogP contribution is 2.24. The van der Waals surface area contributed by atoms with Crippen molar-refractivity contribution in [3.8, 4) is 5.75 Å². The fourth-order valence-corrected chi connectivity index (χ4v) is 3.26. The first-order valence-corrected chi connectivity index (χ1v) is 7.89. The van der Waals surface area contributed by atoms with E-state index in [1.54, 1.807) is 25.3 Å². The number of benzene rings is 1. The fraction of sp³-hybridized carbons (Fsp3) is 0.286.